The second-order valence-corrected chi connectivity index (χ2v) is 8.71. The quantitative estimate of drug-likeness (QED) is 0.563. The number of aromatic nitrogens is 2. The fraction of sp³-hybridized carbons (Fsp3) is 0.370. The molecule has 1 aromatic heterocycles. The number of hydrogen-bond donors (Lipinski definition) is 0. The maximum atomic E-state index is 13.0. The van der Waals surface area contributed by atoms with Gasteiger partial charge in [-0.05, 0) is 81.3 Å². The van der Waals surface area contributed by atoms with Crippen LogP contribution in [0.25, 0.3) is 5.69 Å². The van der Waals surface area contributed by atoms with Gasteiger partial charge >= 0.3 is 0 Å². The van der Waals surface area contributed by atoms with Crippen molar-refractivity contribution >= 4 is 17.4 Å². The molecule has 7 nitrogen and oxygen atoms in total. The van der Waals surface area contributed by atoms with E-state index in [2.05, 4.69) is 28.7 Å². The third-order valence-corrected chi connectivity index (χ3v) is 6.65. The number of piperazine rings is 1. The minimum absolute atomic E-state index is 0.0545. The number of carbonyl (C=O) groups is 1. The van der Waals surface area contributed by atoms with Crippen molar-refractivity contribution in [1.29, 1.82) is 0 Å². The van der Waals surface area contributed by atoms with E-state index in [1.54, 1.807) is 12.1 Å². The normalized spacial score (nSPS) is 13.8. The number of anilines is 2. The van der Waals surface area contributed by atoms with Crippen molar-refractivity contribution in [3.05, 3.63) is 81.6 Å². The van der Waals surface area contributed by atoms with Crippen LogP contribution >= 0.6 is 0 Å². The lowest BCUT2D eigenvalue weighted by Crippen LogP contribution is -2.49. The number of amides is 1. The number of nitrogens with zero attached hydrogens (tertiary/aromatic N) is 5. The van der Waals surface area contributed by atoms with Crippen molar-refractivity contribution in [3.63, 3.8) is 0 Å². The Bertz CT molecular complexity index is 1210. The molecule has 2 aromatic carbocycles. The third-order valence-electron chi connectivity index (χ3n) is 6.65. The first kappa shape index (κ1) is 23.5. The van der Waals surface area contributed by atoms with Crippen molar-refractivity contribution in [2.24, 2.45) is 0 Å². The van der Waals surface area contributed by atoms with E-state index in [4.69, 9.17) is 0 Å². The van der Waals surface area contributed by atoms with Gasteiger partial charge < -0.3 is 14.7 Å². The molecule has 0 unspecified atom stereocenters. The average Bonchev–Trinajstić information content (AvgIpc) is 2.87. The molecule has 0 saturated carbocycles. The lowest BCUT2D eigenvalue weighted by atomic mass is 10.1. The highest BCUT2D eigenvalue weighted by molar-refractivity contribution is 5.94. The molecule has 0 atom stereocenters. The van der Waals surface area contributed by atoms with E-state index in [9.17, 15) is 9.59 Å². The summed E-state index contributed by atoms with van der Waals surface area (Å²) in [6.45, 7) is 12.8. The van der Waals surface area contributed by atoms with Gasteiger partial charge in [0.05, 0.1) is 5.69 Å². The van der Waals surface area contributed by atoms with Crippen molar-refractivity contribution in [3.8, 4) is 5.69 Å². The van der Waals surface area contributed by atoms with Crippen LogP contribution in [0.15, 0.2) is 59.4 Å². The Hall–Kier alpha value is -3.61. The van der Waals surface area contributed by atoms with Crippen LogP contribution in [0, 0.1) is 13.8 Å². The zero-order valence-electron chi connectivity index (χ0n) is 20.5. The maximum absolute atomic E-state index is 13.0. The Kier molecular flexibility index (Phi) is 7.01. The number of hydrogen-bond acceptors (Lipinski definition) is 5. The van der Waals surface area contributed by atoms with E-state index in [1.807, 2.05) is 61.2 Å². The minimum atomic E-state index is -0.158. The van der Waals surface area contributed by atoms with Gasteiger partial charge in [0.25, 0.3) is 11.5 Å². The van der Waals surface area contributed by atoms with Crippen LogP contribution in [0.3, 0.4) is 0 Å². The molecular formula is C27H33N5O2. The molecule has 4 rings (SSSR count). The molecular weight excluding hydrogens is 426 g/mol. The van der Waals surface area contributed by atoms with E-state index in [-0.39, 0.29) is 11.5 Å². The molecule has 1 aliphatic rings. The Labute approximate surface area is 201 Å². The van der Waals surface area contributed by atoms with Gasteiger partial charge in [-0.25, -0.2) is 0 Å². The predicted octanol–water partition coefficient (Wildman–Crippen LogP) is 3.66. The Morgan fingerprint density at radius 2 is 1.56 bits per heavy atom. The Balaban J connectivity index is 1.44. The SMILES string of the molecule is CCN(CC)c1ccc(C(=O)N2CCN(c3ccc(=O)n(-c4ccc(C)c(C)c4)n3)CC2)cc1. The van der Waals surface area contributed by atoms with Gasteiger partial charge in [-0.2, -0.15) is 4.68 Å². The molecule has 178 valence electrons. The fourth-order valence-corrected chi connectivity index (χ4v) is 4.34. The van der Waals surface area contributed by atoms with Crippen LogP contribution in [0.4, 0.5) is 11.5 Å². The minimum Gasteiger partial charge on any atom is -0.372 e. The summed E-state index contributed by atoms with van der Waals surface area (Å²) in [5.41, 5.74) is 4.75. The fourth-order valence-electron chi connectivity index (χ4n) is 4.34. The second kappa shape index (κ2) is 10.1. The first-order valence-electron chi connectivity index (χ1n) is 12.0. The molecule has 1 aliphatic heterocycles. The zero-order chi connectivity index (χ0) is 24.2. The van der Waals surface area contributed by atoms with Crippen LogP contribution in [0.1, 0.15) is 35.3 Å². The van der Waals surface area contributed by atoms with Crippen LogP contribution in [0.2, 0.25) is 0 Å². The van der Waals surface area contributed by atoms with Crippen LogP contribution in [-0.2, 0) is 0 Å². The predicted molar refractivity (Wildman–Crippen MR) is 137 cm³/mol. The average molecular weight is 460 g/mol. The molecule has 1 fully saturated rings. The molecule has 0 spiro atoms. The molecule has 0 aliphatic carbocycles. The molecule has 2 heterocycles. The van der Waals surface area contributed by atoms with E-state index in [0.29, 0.717) is 31.7 Å². The highest BCUT2D eigenvalue weighted by atomic mass is 16.2. The van der Waals surface area contributed by atoms with Crippen molar-refractivity contribution in [2.75, 3.05) is 49.1 Å². The van der Waals surface area contributed by atoms with Gasteiger partial charge in [0.2, 0.25) is 0 Å². The zero-order valence-corrected chi connectivity index (χ0v) is 20.5. The third kappa shape index (κ3) is 4.83. The Morgan fingerprint density at radius 1 is 0.882 bits per heavy atom. The van der Waals surface area contributed by atoms with Crippen molar-refractivity contribution in [1.82, 2.24) is 14.7 Å². The van der Waals surface area contributed by atoms with E-state index in [0.717, 1.165) is 35.8 Å². The summed E-state index contributed by atoms with van der Waals surface area (Å²) in [7, 11) is 0. The molecule has 0 bridgehead atoms. The molecule has 7 heteroatoms. The topological polar surface area (TPSA) is 61.7 Å². The smallest absolute Gasteiger partial charge is 0.271 e. The van der Waals surface area contributed by atoms with Gasteiger partial charge in [0.15, 0.2) is 0 Å². The van der Waals surface area contributed by atoms with Crippen LogP contribution in [0.5, 0.6) is 0 Å². The second-order valence-electron chi connectivity index (χ2n) is 8.71. The summed E-state index contributed by atoms with van der Waals surface area (Å²) in [5.74, 6) is 0.798. The summed E-state index contributed by atoms with van der Waals surface area (Å²) < 4.78 is 1.46. The van der Waals surface area contributed by atoms with Gasteiger partial charge in [-0.15, -0.1) is 5.10 Å². The summed E-state index contributed by atoms with van der Waals surface area (Å²) in [4.78, 5) is 31.8. The van der Waals surface area contributed by atoms with E-state index < -0.39 is 0 Å². The lowest BCUT2D eigenvalue weighted by molar-refractivity contribution is 0.0746. The summed E-state index contributed by atoms with van der Waals surface area (Å²) in [6, 6.07) is 17.1. The van der Waals surface area contributed by atoms with Crippen LogP contribution < -0.4 is 15.4 Å². The van der Waals surface area contributed by atoms with Gasteiger partial charge in [0.1, 0.15) is 5.82 Å². The van der Waals surface area contributed by atoms with Gasteiger partial charge in [0, 0.05) is 56.6 Å². The summed E-state index contributed by atoms with van der Waals surface area (Å²) in [6.07, 6.45) is 0. The van der Waals surface area contributed by atoms with E-state index >= 15 is 0 Å². The maximum Gasteiger partial charge on any atom is 0.271 e. The molecule has 1 saturated heterocycles. The largest absolute Gasteiger partial charge is 0.372 e. The van der Waals surface area contributed by atoms with Crippen molar-refractivity contribution < 1.29 is 4.79 Å². The molecule has 0 radical (unpaired) electrons. The number of benzene rings is 2. The van der Waals surface area contributed by atoms with E-state index in [1.165, 1.54) is 10.2 Å². The number of aryl methyl sites for hydroxylation is 2. The highest BCUT2D eigenvalue weighted by Crippen LogP contribution is 2.19. The Morgan fingerprint density at radius 3 is 2.18 bits per heavy atom. The monoisotopic (exact) mass is 459 g/mol. The van der Waals surface area contributed by atoms with Crippen LogP contribution in [-0.4, -0.2) is 59.9 Å². The number of carbonyl (C=O) groups excluding carboxylic acids is 1. The number of rotatable bonds is 6. The molecule has 0 N–H and O–H groups in total. The lowest BCUT2D eigenvalue weighted by Gasteiger charge is -2.35. The molecule has 1 amide bonds. The van der Waals surface area contributed by atoms with Gasteiger partial charge in [-0.1, -0.05) is 6.07 Å². The molecule has 34 heavy (non-hydrogen) atoms. The highest BCUT2D eigenvalue weighted by Gasteiger charge is 2.23. The summed E-state index contributed by atoms with van der Waals surface area (Å²) >= 11 is 0. The first-order valence-corrected chi connectivity index (χ1v) is 12.0. The standard InChI is InChI=1S/C27H33N5O2/c1-5-29(6-2)23-11-8-22(9-12-23)27(34)31-17-15-30(16-18-31)25-13-14-26(33)32(28-25)24-10-7-20(3)21(4)19-24/h7-14,19H,5-6,15-18H2,1-4H3. The van der Waals surface area contributed by atoms with Gasteiger partial charge in [-0.3, -0.25) is 9.59 Å². The first-order chi connectivity index (χ1) is 16.4. The van der Waals surface area contributed by atoms with Crippen molar-refractivity contribution in [2.45, 2.75) is 27.7 Å². The molecule has 3 aromatic rings. The summed E-state index contributed by atoms with van der Waals surface area (Å²) in [5, 5.41) is 4.63.